The van der Waals surface area contributed by atoms with Crippen molar-refractivity contribution in [1.29, 1.82) is 0 Å². The van der Waals surface area contributed by atoms with E-state index in [4.69, 9.17) is 17.3 Å². The van der Waals surface area contributed by atoms with Crippen LogP contribution in [0.25, 0.3) is 10.8 Å². The predicted molar refractivity (Wildman–Crippen MR) is 109 cm³/mol. The summed E-state index contributed by atoms with van der Waals surface area (Å²) in [6.45, 7) is 0. The van der Waals surface area contributed by atoms with Gasteiger partial charge in [0.15, 0.2) is 0 Å². The molecular weight excluding hydrogens is 360 g/mol. The van der Waals surface area contributed by atoms with E-state index in [-0.39, 0.29) is 18.4 Å². The highest BCUT2D eigenvalue weighted by molar-refractivity contribution is 6.30. The minimum Gasteiger partial charge on any atom is -0.370 e. The molecule has 2 amide bonds. The Kier molecular flexibility index (Phi) is 5.77. The SMILES string of the molecule is CN(C(=O)c1cccc2ccccc12)[C@H](CC(N)=O)Cc1ccc(Cl)cc1. The molecule has 0 saturated heterocycles. The summed E-state index contributed by atoms with van der Waals surface area (Å²) in [5.41, 5.74) is 7.04. The first-order chi connectivity index (χ1) is 13.0. The van der Waals surface area contributed by atoms with E-state index in [0.29, 0.717) is 17.0 Å². The molecule has 5 heteroatoms. The predicted octanol–water partition coefficient (Wildman–Crippen LogP) is 4.05. The zero-order chi connectivity index (χ0) is 19.4. The Hall–Kier alpha value is -2.85. The van der Waals surface area contributed by atoms with E-state index in [1.165, 1.54) is 0 Å². The van der Waals surface area contributed by atoms with E-state index in [1.807, 2.05) is 54.6 Å². The van der Waals surface area contributed by atoms with Crippen LogP contribution < -0.4 is 5.73 Å². The molecule has 0 aliphatic rings. The molecular formula is C22H21ClN2O2. The van der Waals surface area contributed by atoms with Gasteiger partial charge in [-0.25, -0.2) is 0 Å². The second kappa shape index (κ2) is 8.23. The zero-order valence-electron chi connectivity index (χ0n) is 15.1. The van der Waals surface area contributed by atoms with Crippen molar-refractivity contribution in [2.45, 2.75) is 18.9 Å². The van der Waals surface area contributed by atoms with Crippen molar-refractivity contribution in [3.8, 4) is 0 Å². The van der Waals surface area contributed by atoms with Gasteiger partial charge in [-0.1, -0.05) is 60.1 Å². The molecule has 2 N–H and O–H groups in total. The summed E-state index contributed by atoms with van der Waals surface area (Å²) in [5.74, 6) is -0.571. The van der Waals surface area contributed by atoms with Gasteiger partial charge < -0.3 is 10.6 Å². The van der Waals surface area contributed by atoms with Crippen molar-refractivity contribution < 1.29 is 9.59 Å². The van der Waals surface area contributed by atoms with Gasteiger partial charge in [-0.05, 0) is 41.0 Å². The molecule has 0 aliphatic heterocycles. The van der Waals surface area contributed by atoms with Crippen molar-refractivity contribution in [2.75, 3.05) is 7.05 Å². The summed E-state index contributed by atoms with van der Waals surface area (Å²) in [4.78, 5) is 26.4. The lowest BCUT2D eigenvalue weighted by Crippen LogP contribution is -2.41. The summed E-state index contributed by atoms with van der Waals surface area (Å²) in [6, 6.07) is 20.4. The highest BCUT2D eigenvalue weighted by Crippen LogP contribution is 2.22. The fourth-order valence-electron chi connectivity index (χ4n) is 3.24. The first-order valence-corrected chi connectivity index (χ1v) is 9.11. The van der Waals surface area contributed by atoms with Gasteiger partial charge in [0.25, 0.3) is 5.91 Å². The molecule has 3 aromatic rings. The zero-order valence-corrected chi connectivity index (χ0v) is 15.8. The summed E-state index contributed by atoms with van der Waals surface area (Å²) < 4.78 is 0. The minimum atomic E-state index is -0.438. The first-order valence-electron chi connectivity index (χ1n) is 8.73. The van der Waals surface area contributed by atoms with Gasteiger partial charge in [-0.15, -0.1) is 0 Å². The van der Waals surface area contributed by atoms with Crippen molar-refractivity contribution >= 4 is 34.2 Å². The van der Waals surface area contributed by atoms with Crippen molar-refractivity contribution in [3.63, 3.8) is 0 Å². The Morgan fingerprint density at radius 1 is 1.00 bits per heavy atom. The quantitative estimate of drug-likeness (QED) is 0.701. The lowest BCUT2D eigenvalue weighted by atomic mass is 9.99. The van der Waals surface area contributed by atoms with Gasteiger partial charge in [0, 0.05) is 30.1 Å². The average Bonchev–Trinajstić information content (AvgIpc) is 2.67. The molecule has 0 saturated carbocycles. The number of rotatable bonds is 6. The van der Waals surface area contributed by atoms with Crippen LogP contribution in [0.4, 0.5) is 0 Å². The standard InChI is InChI=1S/C22H21ClN2O2/c1-25(18(14-21(24)26)13-15-9-11-17(23)12-10-15)22(27)20-8-4-6-16-5-2-3-7-19(16)20/h2-12,18H,13-14H2,1H3,(H2,24,26)/t18-/m0/s1. The second-order valence-corrected chi connectivity index (χ2v) is 7.03. The van der Waals surface area contributed by atoms with Gasteiger partial charge in [-0.2, -0.15) is 0 Å². The van der Waals surface area contributed by atoms with Crippen molar-refractivity contribution in [1.82, 2.24) is 4.90 Å². The molecule has 0 fully saturated rings. The van der Waals surface area contributed by atoms with E-state index in [9.17, 15) is 9.59 Å². The Bertz CT molecular complexity index is 964. The smallest absolute Gasteiger partial charge is 0.254 e. The van der Waals surface area contributed by atoms with Crippen LogP contribution in [0.3, 0.4) is 0 Å². The van der Waals surface area contributed by atoms with Crippen LogP contribution in [0.5, 0.6) is 0 Å². The number of hydrogen-bond acceptors (Lipinski definition) is 2. The molecule has 0 aromatic heterocycles. The van der Waals surface area contributed by atoms with Crippen molar-refractivity contribution in [2.24, 2.45) is 5.73 Å². The molecule has 3 aromatic carbocycles. The van der Waals surface area contributed by atoms with Crippen LogP contribution in [0.1, 0.15) is 22.3 Å². The fourth-order valence-corrected chi connectivity index (χ4v) is 3.36. The number of amides is 2. The number of primary amides is 1. The molecule has 0 spiro atoms. The minimum absolute atomic E-state index is 0.0929. The molecule has 27 heavy (non-hydrogen) atoms. The van der Waals surface area contributed by atoms with Crippen LogP contribution in [0, 0.1) is 0 Å². The molecule has 0 heterocycles. The monoisotopic (exact) mass is 380 g/mol. The number of nitrogens with two attached hydrogens (primary N) is 1. The van der Waals surface area contributed by atoms with Gasteiger partial charge in [0.1, 0.15) is 0 Å². The largest absolute Gasteiger partial charge is 0.370 e. The third kappa shape index (κ3) is 4.47. The lowest BCUT2D eigenvalue weighted by molar-refractivity contribution is -0.118. The van der Waals surface area contributed by atoms with E-state index in [0.717, 1.165) is 16.3 Å². The number of hydrogen-bond donors (Lipinski definition) is 1. The molecule has 0 aliphatic carbocycles. The van der Waals surface area contributed by atoms with E-state index < -0.39 is 5.91 Å². The summed E-state index contributed by atoms with van der Waals surface area (Å²) in [5, 5.41) is 2.53. The number of carbonyl (C=O) groups is 2. The van der Waals surface area contributed by atoms with Gasteiger partial charge in [0.05, 0.1) is 0 Å². The normalized spacial score (nSPS) is 11.9. The number of carbonyl (C=O) groups excluding carboxylic acids is 2. The van der Waals surface area contributed by atoms with Gasteiger partial charge in [0.2, 0.25) is 5.91 Å². The lowest BCUT2D eigenvalue weighted by Gasteiger charge is -2.28. The Labute approximate surface area is 163 Å². The molecule has 0 bridgehead atoms. The van der Waals surface area contributed by atoms with Crippen molar-refractivity contribution in [3.05, 3.63) is 82.9 Å². The van der Waals surface area contributed by atoms with E-state index in [1.54, 1.807) is 24.1 Å². The highest BCUT2D eigenvalue weighted by atomic mass is 35.5. The van der Waals surface area contributed by atoms with Crippen LogP contribution in [0.15, 0.2) is 66.7 Å². The maximum absolute atomic E-state index is 13.2. The van der Waals surface area contributed by atoms with Crippen LogP contribution >= 0.6 is 11.6 Å². The van der Waals surface area contributed by atoms with Crippen LogP contribution in [0.2, 0.25) is 5.02 Å². The number of fused-ring (bicyclic) bond motifs is 1. The molecule has 4 nitrogen and oxygen atoms in total. The maximum Gasteiger partial charge on any atom is 0.254 e. The third-order valence-electron chi connectivity index (χ3n) is 4.71. The van der Waals surface area contributed by atoms with Crippen LogP contribution in [-0.4, -0.2) is 29.8 Å². The third-order valence-corrected chi connectivity index (χ3v) is 4.96. The van der Waals surface area contributed by atoms with Gasteiger partial charge in [-0.3, -0.25) is 9.59 Å². The molecule has 0 radical (unpaired) electrons. The summed E-state index contributed by atoms with van der Waals surface area (Å²) in [7, 11) is 1.72. The second-order valence-electron chi connectivity index (χ2n) is 6.60. The van der Waals surface area contributed by atoms with Gasteiger partial charge >= 0.3 is 0 Å². The average molecular weight is 381 g/mol. The number of halogens is 1. The summed E-state index contributed by atoms with van der Waals surface area (Å²) in [6.07, 6.45) is 0.614. The topological polar surface area (TPSA) is 63.4 Å². The Morgan fingerprint density at radius 3 is 2.37 bits per heavy atom. The molecule has 0 unspecified atom stereocenters. The number of nitrogens with zero attached hydrogens (tertiary/aromatic N) is 1. The fraction of sp³-hybridized carbons (Fsp3) is 0.182. The molecule has 3 rings (SSSR count). The van der Waals surface area contributed by atoms with E-state index in [2.05, 4.69) is 0 Å². The molecule has 1 atom stereocenters. The number of benzene rings is 3. The summed E-state index contributed by atoms with van der Waals surface area (Å²) >= 11 is 5.94. The molecule has 138 valence electrons. The first kappa shape index (κ1) is 18.9. The van der Waals surface area contributed by atoms with E-state index >= 15 is 0 Å². The Balaban J connectivity index is 1.90. The van der Waals surface area contributed by atoms with Crippen LogP contribution in [-0.2, 0) is 11.2 Å². The maximum atomic E-state index is 13.2. The highest BCUT2D eigenvalue weighted by Gasteiger charge is 2.24. The Morgan fingerprint density at radius 2 is 1.67 bits per heavy atom. The number of likely N-dealkylation sites (N-methyl/N-ethyl adjacent to an activating group) is 1.